The Balaban J connectivity index is 2.64. The van der Waals surface area contributed by atoms with Crippen molar-refractivity contribution in [2.45, 2.75) is 32.2 Å². The van der Waals surface area contributed by atoms with Gasteiger partial charge in [-0.2, -0.15) is 0 Å². The van der Waals surface area contributed by atoms with Gasteiger partial charge in [0.15, 0.2) is 0 Å². The Morgan fingerprint density at radius 3 is 1.94 bits per heavy atom. The van der Waals surface area contributed by atoms with E-state index in [0.29, 0.717) is 12.8 Å². The highest BCUT2D eigenvalue weighted by atomic mass is 35.5. The van der Waals surface area contributed by atoms with Gasteiger partial charge in [0.25, 0.3) is 0 Å². The summed E-state index contributed by atoms with van der Waals surface area (Å²) in [6, 6.07) is 0. The molecule has 0 heterocycles. The SMILES string of the molecule is ClCC1(C(Cl)Cl)C2C[C@@H](Cl)C1(C(Cl)Cl)CC2(Cl)Cl. The van der Waals surface area contributed by atoms with Gasteiger partial charge < -0.3 is 0 Å². The van der Waals surface area contributed by atoms with Crippen molar-refractivity contribution < 1.29 is 0 Å². The summed E-state index contributed by atoms with van der Waals surface area (Å²) >= 11 is 50.1. The monoisotopic (exact) mass is 410 g/mol. The molecular formula is C10H10Cl8. The van der Waals surface area contributed by atoms with E-state index < -0.39 is 24.8 Å². The van der Waals surface area contributed by atoms with E-state index in [4.69, 9.17) is 92.8 Å². The smallest absolute Gasteiger partial charge is 0.122 e. The number of hydrogen-bond acceptors (Lipinski definition) is 0. The van der Waals surface area contributed by atoms with Crippen molar-refractivity contribution in [3.05, 3.63) is 0 Å². The molecule has 4 atom stereocenters. The third-order valence-electron chi connectivity index (χ3n) is 4.53. The van der Waals surface area contributed by atoms with Gasteiger partial charge in [-0.1, -0.05) is 0 Å². The van der Waals surface area contributed by atoms with E-state index in [1.54, 1.807) is 0 Å². The third-order valence-corrected chi connectivity index (χ3v) is 7.89. The molecule has 2 aliphatic rings. The molecule has 2 aliphatic carbocycles. The fraction of sp³-hybridized carbons (Fsp3) is 1.00. The lowest BCUT2D eigenvalue weighted by Gasteiger charge is -2.45. The lowest BCUT2D eigenvalue weighted by atomic mass is 9.70. The van der Waals surface area contributed by atoms with Crippen LogP contribution in [0.4, 0.5) is 0 Å². The molecular weight excluding hydrogens is 404 g/mol. The molecule has 0 spiro atoms. The summed E-state index contributed by atoms with van der Waals surface area (Å²) in [6.07, 6.45) is 0.884. The third kappa shape index (κ3) is 1.86. The van der Waals surface area contributed by atoms with Crippen LogP contribution in [0.15, 0.2) is 0 Å². The number of alkyl halides is 8. The Kier molecular flexibility index (Phi) is 4.82. The lowest BCUT2D eigenvalue weighted by Crippen LogP contribution is -2.50. The number of rotatable bonds is 3. The van der Waals surface area contributed by atoms with E-state index in [2.05, 4.69) is 0 Å². The molecule has 2 saturated carbocycles. The predicted octanol–water partition coefficient (Wildman–Crippen LogP) is 6.01. The molecule has 8 heteroatoms. The van der Waals surface area contributed by atoms with Gasteiger partial charge in [0, 0.05) is 28.0 Å². The van der Waals surface area contributed by atoms with E-state index in [0.717, 1.165) is 0 Å². The Labute approximate surface area is 146 Å². The Morgan fingerprint density at radius 2 is 1.61 bits per heavy atom. The molecule has 0 aromatic rings. The standard InChI is InChI=1S/C10H10Cl8/c11-3-9(7(15)16)4-1-5(12)8(9,6(13)14)2-10(4,17)18/h4-7H,1-3H2/t4?,5-,8?,9?/m1/s1. The average Bonchev–Trinajstić information content (AvgIpc) is 2.61. The first kappa shape index (κ1) is 16.7. The summed E-state index contributed by atoms with van der Waals surface area (Å²) in [6.45, 7) is 0. The van der Waals surface area contributed by atoms with Gasteiger partial charge in [-0.3, -0.25) is 0 Å². The van der Waals surface area contributed by atoms with Crippen LogP contribution in [-0.2, 0) is 0 Å². The van der Waals surface area contributed by atoms with Crippen molar-refractivity contribution in [2.24, 2.45) is 16.7 Å². The van der Waals surface area contributed by atoms with E-state index >= 15 is 0 Å². The fourth-order valence-corrected chi connectivity index (χ4v) is 7.83. The van der Waals surface area contributed by atoms with Crippen molar-refractivity contribution in [3.63, 3.8) is 0 Å². The Bertz CT molecular complexity index is 335. The van der Waals surface area contributed by atoms with E-state index in [1.807, 2.05) is 0 Å². The molecule has 0 amide bonds. The predicted molar refractivity (Wildman–Crippen MR) is 83.4 cm³/mol. The van der Waals surface area contributed by atoms with Crippen LogP contribution in [-0.4, -0.2) is 25.3 Å². The zero-order chi connectivity index (χ0) is 13.9. The van der Waals surface area contributed by atoms with Crippen molar-refractivity contribution >= 4 is 92.8 Å². The number of fused-ring (bicyclic) bond motifs is 2. The minimum Gasteiger partial charge on any atom is -0.126 e. The summed E-state index contributed by atoms with van der Waals surface area (Å²) in [4.78, 5) is -1.58. The second-order valence-electron chi connectivity index (χ2n) is 5.01. The van der Waals surface area contributed by atoms with Crippen molar-refractivity contribution in [1.82, 2.24) is 0 Å². The Hall–Kier alpha value is 2.32. The summed E-state index contributed by atoms with van der Waals surface area (Å²) in [7, 11) is 0. The molecule has 2 bridgehead atoms. The van der Waals surface area contributed by atoms with Gasteiger partial charge in [-0.05, 0) is 12.8 Å². The van der Waals surface area contributed by atoms with Gasteiger partial charge in [0.1, 0.15) is 14.0 Å². The van der Waals surface area contributed by atoms with Crippen LogP contribution in [0.25, 0.3) is 0 Å². The molecule has 0 aromatic heterocycles. The van der Waals surface area contributed by atoms with E-state index in [1.165, 1.54) is 0 Å². The van der Waals surface area contributed by atoms with Crippen molar-refractivity contribution in [3.8, 4) is 0 Å². The summed E-state index contributed by atoms with van der Waals surface area (Å²) in [5, 5.41) is -0.299. The normalized spacial score (nSPS) is 46.3. The summed E-state index contributed by atoms with van der Waals surface area (Å²) < 4.78 is -1.01. The highest BCUT2D eigenvalue weighted by Crippen LogP contribution is 2.77. The van der Waals surface area contributed by atoms with E-state index in [-0.39, 0.29) is 17.2 Å². The van der Waals surface area contributed by atoms with Gasteiger partial charge in [0.05, 0.1) is 0 Å². The van der Waals surface area contributed by atoms with Crippen molar-refractivity contribution in [2.75, 3.05) is 5.88 Å². The molecule has 0 N–H and O–H groups in total. The quantitative estimate of drug-likeness (QED) is 0.497. The topological polar surface area (TPSA) is 0 Å². The highest BCUT2D eigenvalue weighted by molar-refractivity contribution is 6.51. The molecule has 0 saturated heterocycles. The lowest BCUT2D eigenvalue weighted by molar-refractivity contribution is 0.144. The van der Waals surface area contributed by atoms with Gasteiger partial charge in [-0.15, -0.1) is 92.8 Å². The minimum absolute atomic E-state index is 0.162. The van der Waals surface area contributed by atoms with E-state index in [9.17, 15) is 0 Å². The summed E-state index contributed by atoms with van der Waals surface area (Å²) in [5.74, 6) is -0.0660. The van der Waals surface area contributed by atoms with Crippen LogP contribution in [0.3, 0.4) is 0 Å². The van der Waals surface area contributed by atoms with Gasteiger partial charge in [-0.25, -0.2) is 0 Å². The zero-order valence-electron chi connectivity index (χ0n) is 8.95. The van der Waals surface area contributed by atoms with Gasteiger partial charge in [0.2, 0.25) is 0 Å². The van der Waals surface area contributed by atoms with Crippen LogP contribution < -0.4 is 0 Å². The molecule has 0 aromatic carbocycles. The first-order valence-corrected chi connectivity index (χ1v) is 8.78. The molecule has 0 aliphatic heterocycles. The molecule has 106 valence electrons. The molecule has 0 radical (unpaired) electrons. The summed E-state index contributed by atoms with van der Waals surface area (Å²) in [5.41, 5.74) is -1.55. The zero-order valence-corrected chi connectivity index (χ0v) is 15.0. The molecule has 2 rings (SSSR count). The van der Waals surface area contributed by atoms with Crippen LogP contribution >= 0.6 is 92.8 Å². The molecule has 2 fully saturated rings. The maximum absolute atomic E-state index is 6.43. The highest BCUT2D eigenvalue weighted by Gasteiger charge is 2.79. The van der Waals surface area contributed by atoms with Crippen molar-refractivity contribution in [1.29, 1.82) is 0 Å². The fourth-order valence-electron chi connectivity index (χ4n) is 3.63. The molecule has 3 unspecified atom stereocenters. The van der Waals surface area contributed by atoms with Gasteiger partial charge >= 0.3 is 0 Å². The maximum atomic E-state index is 6.43. The number of hydrogen-bond donors (Lipinski definition) is 0. The van der Waals surface area contributed by atoms with Crippen LogP contribution in [0.2, 0.25) is 0 Å². The minimum atomic E-state index is -1.01. The molecule has 0 nitrogen and oxygen atoms in total. The molecule has 18 heavy (non-hydrogen) atoms. The average molecular weight is 414 g/mol. The first-order chi connectivity index (χ1) is 8.16. The Morgan fingerprint density at radius 1 is 1.06 bits per heavy atom. The van der Waals surface area contributed by atoms with Crippen LogP contribution in [0.1, 0.15) is 12.8 Å². The second kappa shape index (κ2) is 5.20. The largest absolute Gasteiger partial charge is 0.126 e. The second-order valence-corrected chi connectivity index (χ2v) is 9.54. The van der Waals surface area contributed by atoms with Crippen LogP contribution in [0.5, 0.6) is 0 Å². The van der Waals surface area contributed by atoms with Crippen LogP contribution in [0, 0.1) is 16.7 Å². The first-order valence-electron chi connectivity index (χ1n) is 5.31. The number of halogens is 8. The maximum Gasteiger partial charge on any atom is 0.122 e.